The van der Waals surface area contributed by atoms with Crippen LogP contribution in [0.15, 0.2) is 16.5 Å². The molecule has 0 radical (unpaired) electrons. The summed E-state index contributed by atoms with van der Waals surface area (Å²) in [5.74, 6) is 1.03. The van der Waals surface area contributed by atoms with Gasteiger partial charge in [0.25, 0.3) is 0 Å². The van der Waals surface area contributed by atoms with Gasteiger partial charge in [0.15, 0.2) is 3.77 Å². The molecule has 14 heavy (non-hydrogen) atoms. The van der Waals surface area contributed by atoms with Gasteiger partial charge in [-0.3, -0.25) is 4.79 Å². The van der Waals surface area contributed by atoms with Gasteiger partial charge in [-0.25, -0.2) is 0 Å². The predicted molar refractivity (Wildman–Crippen MR) is 59.7 cm³/mol. The highest BCUT2D eigenvalue weighted by molar-refractivity contribution is 14.1. The summed E-state index contributed by atoms with van der Waals surface area (Å²) >= 11 is 2.13. The first kappa shape index (κ1) is 9.97. The molecular weight excluding hydrogens is 295 g/mol. The van der Waals surface area contributed by atoms with E-state index in [1.807, 2.05) is 12.1 Å². The smallest absolute Gasteiger partial charge is 0.221 e. The zero-order valence-electron chi connectivity index (χ0n) is 7.55. The Hall–Kier alpha value is -0.560. The van der Waals surface area contributed by atoms with E-state index in [9.17, 15) is 4.79 Å². The second-order valence-corrected chi connectivity index (χ2v) is 4.36. The molecule has 1 aliphatic rings. The average molecular weight is 306 g/mol. The van der Waals surface area contributed by atoms with Crippen LogP contribution in [0, 0.1) is 3.77 Å². The maximum atomic E-state index is 10.9. The molecule has 1 aromatic rings. The number of halogens is 1. The molecule has 0 aromatic carbocycles. The first-order valence-electron chi connectivity index (χ1n) is 4.48. The Kier molecular flexibility index (Phi) is 3.07. The number of hydrogen-bond donors (Lipinski definition) is 2. The van der Waals surface area contributed by atoms with Crippen molar-refractivity contribution in [2.75, 3.05) is 6.54 Å². The molecule has 1 atom stereocenters. The van der Waals surface area contributed by atoms with Gasteiger partial charge in [-0.05, 0) is 34.7 Å². The number of rotatable bonds is 3. The molecule has 1 aromatic heterocycles. The van der Waals surface area contributed by atoms with E-state index >= 15 is 0 Å². The zero-order valence-corrected chi connectivity index (χ0v) is 9.71. The molecule has 1 saturated heterocycles. The highest BCUT2D eigenvalue weighted by Crippen LogP contribution is 2.10. The highest BCUT2D eigenvalue weighted by atomic mass is 127. The van der Waals surface area contributed by atoms with Crippen molar-refractivity contribution in [2.45, 2.75) is 19.0 Å². The van der Waals surface area contributed by atoms with Crippen LogP contribution in [-0.4, -0.2) is 18.5 Å². The fourth-order valence-corrected chi connectivity index (χ4v) is 1.90. The van der Waals surface area contributed by atoms with E-state index in [2.05, 4.69) is 33.2 Å². The molecule has 0 saturated carbocycles. The quantitative estimate of drug-likeness (QED) is 0.815. The summed E-state index contributed by atoms with van der Waals surface area (Å²) < 4.78 is 6.28. The first-order valence-corrected chi connectivity index (χ1v) is 5.56. The van der Waals surface area contributed by atoms with Crippen LogP contribution in [0.25, 0.3) is 0 Å². The normalized spacial score (nSPS) is 21.2. The average Bonchev–Trinajstić information content (AvgIpc) is 2.72. The molecule has 0 bridgehead atoms. The van der Waals surface area contributed by atoms with E-state index in [0.29, 0.717) is 13.0 Å². The van der Waals surface area contributed by atoms with Gasteiger partial charge in [0.2, 0.25) is 5.91 Å². The molecule has 5 heteroatoms. The van der Waals surface area contributed by atoms with E-state index in [4.69, 9.17) is 4.42 Å². The summed E-state index contributed by atoms with van der Waals surface area (Å²) in [6.07, 6.45) is 0.567. The van der Waals surface area contributed by atoms with E-state index in [1.54, 1.807) is 0 Å². The lowest BCUT2D eigenvalue weighted by Gasteiger charge is -2.07. The second kappa shape index (κ2) is 4.31. The van der Waals surface area contributed by atoms with Crippen LogP contribution < -0.4 is 10.6 Å². The Bertz CT molecular complexity index is 337. The van der Waals surface area contributed by atoms with E-state index in [0.717, 1.165) is 16.1 Å². The van der Waals surface area contributed by atoms with Crippen LogP contribution in [0.4, 0.5) is 0 Å². The summed E-state index contributed by atoms with van der Waals surface area (Å²) in [7, 11) is 0. The first-order chi connectivity index (χ1) is 6.74. The molecule has 2 heterocycles. The molecule has 2 rings (SSSR count). The molecule has 0 spiro atoms. The highest BCUT2D eigenvalue weighted by Gasteiger charge is 2.20. The van der Waals surface area contributed by atoms with Gasteiger partial charge in [-0.1, -0.05) is 0 Å². The SMILES string of the molecule is O=C1CC(NCc2ccc(I)o2)CN1. The number of amides is 1. The Morgan fingerprint density at radius 3 is 3.07 bits per heavy atom. The van der Waals surface area contributed by atoms with E-state index in [-0.39, 0.29) is 11.9 Å². The third-order valence-corrected chi connectivity index (χ3v) is 2.75. The third kappa shape index (κ3) is 2.48. The van der Waals surface area contributed by atoms with Crippen molar-refractivity contribution in [3.8, 4) is 0 Å². The molecule has 1 amide bonds. The van der Waals surface area contributed by atoms with Crippen molar-refractivity contribution < 1.29 is 9.21 Å². The van der Waals surface area contributed by atoms with Crippen molar-refractivity contribution in [2.24, 2.45) is 0 Å². The standard InChI is InChI=1S/C9H11IN2O2/c10-8-2-1-7(14-8)5-11-6-3-9(13)12-4-6/h1-2,6,11H,3-5H2,(H,12,13). The van der Waals surface area contributed by atoms with Crippen LogP contribution >= 0.6 is 22.6 Å². The molecule has 76 valence electrons. The van der Waals surface area contributed by atoms with Gasteiger partial charge in [0, 0.05) is 19.0 Å². The summed E-state index contributed by atoms with van der Waals surface area (Å²) in [6, 6.07) is 4.11. The van der Waals surface area contributed by atoms with Gasteiger partial charge >= 0.3 is 0 Å². The lowest BCUT2D eigenvalue weighted by molar-refractivity contribution is -0.119. The largest absolute Gasteiger partial charge is 0.454 e. The second-order valence-electron chi connectivity index (χ2n) is 3.29. The molecule has 1 unspecified atom stereocenters. The Balaban J connectivity index is 1.80. The number of hydrogen-bond acceptors (Lipinski definition) is 3. The Morgan fingerprint density at radius 1 is 1.64 bits per heavy atom. The summed E-state index contributed by atoms with van der Waals surface area (Å²) in [6.45, 7) is 1.40. The Morgan fingerprint density at radius 2 is 2.50 bits per heavy atom. The van der Waals surface area contributed by atoms with Crippen molar-refractivity contribution in [3.63, 3.8) is 0 Å². The fraction of sp³-hybridized carbons (Fsp3) is 0.444. The maximum absolute atomic E-state index is 10.9. The topological polar surface area (TPSA) is 54.3 Å². The number of furan rings is 1. The third-order valence-electron chi connectivity index (χ3n) is 2.17. The van der Waals surface area contributed by atoms with Crippen LogP contribution in [0.2, 0.25) is 0 Å². The Labute approximate surface area is 95.6 Å². The molecule has 1 aliphatic heterocycles. The molecule has 2 N–H and O–H groups in total. The lowest BCUT2D eigenvalue weighted by Crippen LogP contribution is -2.30. The monoisotopic (exact) mass is 306 g/mol. The van der Waals surface area contributed by atoms with Crippen LogP contribution in [0.5, 0.6) is 0 Å². The van der Waals surface area contributed by atoms with Gasteiger partial charge in [-0.2, -0.15) is 0 Å². The molecular formula is C9H11IN2O2. The minimum Gasteiger partial charge on any atom is -0.454 e. The van der Waals surface area contributed by atoms with E-state index < -0.39 is 0 Å². The molecule has 0 aliphatic carbocycles. The van der Waals surface area contributed by atoms with Crippen molar-refractivity contribution >= 4 is 28.5 Å². The van der Waals surface area contributed by atoms with Gasteiger partial charge in [0.05, 0.1) is 6.54 Å². The van der Waals surface area contributed by atoms with Gasteiger partial charge in [-0.15, -0.1) is 0 Å². The van der Waals surface area contributed by atoms with Crippen molar-refractivity contribution in [3.05, 3.63) is 21.7 Å². The minimum atomic E-state index is 0.122. The van der Waals surface area contributed by atoms with Gasteiger partial charge < -0.3 is 15.1 Å². The number of carbonyl (C=O) groups is 1. The summed E-state index contributed by atoms with van der Waals surface area (Å²) in [4.78, 5) is 10.9. The zero-order chi connectivity index (χ0) is 9.97. The molecule has 4 nitrogen and oxygen atoms in total. The van der Waals surface area contributed by atoms with E-state index in [1.165, 1.54) is 0 Å². The number of nitrogens with one attached hydrogen (secondary N) is 2. The van der Waals surface area contributed by atoms with Crippen LogP contribution in [0.3, 0.4) is 0 Å². The van der Waals surface area contributed by atoms with Crippen LogP contribution in [0.1, 0.15) is 12.2 Å². The summed E-state index contributed by atoms with van der Waals surface area (Å²) in [5.41, 5.74) is 0. The molecule has 1 fully saturated rings. The predicted octanol–water partition coefficient (Wildman–Crippen LogP) is 0.862. The van der Waals surface area contributed by atoms with Crippen molar-refractivity contribution in [1.82, 2.24) is 10.6 Å². The lowest BCUT2D eigenvalue weighted by atomic mass is 10.2. The van der Waals surface area contributed by atoms with Crippen LogP contribution in [-0.2, 0) is 11.3 Å². The summed E-state index contributed by atoms with van der Waals surface area (Å²) in [5, 5.41) is 6.04. The minimum absolute atomic E-state index is 0.122. The fourth-order valence-electron chi connectivity index (χ4n) is 1.44. The maximum Gasteiger partial charge on any atom is 0.221 e. The van der Waals surface area contributed by atoms with Crippen molar-refractivity contribution in [1.29, 1.82) is 0 Å². The van der Waals surface area contributed by atoms with Gasteiger partial charge in [0.1, 0.15) is 5.76 Å². The number of carbonyl (C=O) groups excluding carboxylic acids is 1.